The van der Waals surface area contributed by atoms with E-state index in [1.165, 1.54) is 12.1 Å². The summed E-state index contributed by atoms with van der Waals surface area (Å²) in [6, 6.07) is 14.2. The number of carbonyl (C=O) groups excluding carboxylic acids is 1. The summed E-state index contributed by atoms with van der Waals surface area (Å²) in [6.07, 6.45) is 5.36. The summed E-state index contributed by atoms with van der Waals surface area (Å²) in [4.78, 5) is 18.7. The highest BCUT2D eigenvalue weighted by molar-refractivity contribution is 6.30. The Labute approximate surface area is 190 Å². The van der Waals surface area contributed by atoms with Crippen LogP contribution in [-0.2, 0) is 11.3 Å². The molecule has 0 bridgehead atoms. The SMILES string of the molecule is Cc1ccn2cc(-c3ccc(CN4CCCC4=O)c(Oc4ccc(Cl)c(F)c4)c3)nc2c1. The molecule has 1 amide bonds. The highest BCUT2D eigenvalue weighted by Crippen LogP contribution is 2.33. The Morgan fingerprint density at radius 3 is 2.81 bits per heavy atom. The fraction of sp³-hybridized carbons (Fsp3) is 0.200. The fourth-order valence-corrected chi connectivity index (χ4v) is 4.02. The summed E-state index contributed by atoms with van der Waals surface area (Å²) < 4.78 is 22.0. The van der Waals surface area contributed by atoms with Crippen LogP contribution in [0.4, 0.5) is 4.39 Å². The van der Waals surface area contributed by atoms with Crippen LogP contribution in [0.2, 0.25) is 5.02 Å². The molecule has 162 valence electrons. The number of likely N-dealkylation sites (tertiary alicyclic amines) is 1. The zero-order chi connectivity index (χ0) is 22.2. The number of rotatable bonds is 5. The molecule has 1 saturated heterocycles. The molecule has 3 heterocycles. The quantitative estimate of drug-likeness (QED) is 0.374. The van der Waals surface area contributed by atoms with Crippen molar-refractivity contribution in [1.82, 2.24) is 14.3 Å². The Balaban J connectivity index is 1.54. The molecule has 1 aliphatic rings. The van der Waals surface area contributed by atoms with Crippen LogP contribution in [0, 0.1) is 12.7 Å². The third-order valence-electron chi connectivity index (χ3n) is 5.63. The Bertz CT molecular complexity index is 1330. The van der Waals surface area contributed by atoms with Gasteiger partial charge in [0.1, 0.15) is 23.0 Å². The number of hydrogen-bond donors (Lipinski definition) is 0. The van der Waals surface area contributed by atoms with Crippen LogP contribution in [0.1, 0.15) is 24.0 Å². The number of pyridine rings is 1. The summed E-state index contributed by atoms with van der Waals surface area (Å²) in [5.74, 6) is 0.474. The van der Waals surface area contributed by atoms with E-state index in [2.05, 4.69) is 0 Å². The maximum absolute atomic E-state index is 14.0. The zero-order valence-corrected chi connectivity index (χ0v) is 18.3. The normalized spacial score (nSPS) is 13.8. The van der Waals surface area contributed by atoms with Crippen LogP contribution < -0.4 is 4.74 Å². The maximum atomic E-state index is 14.0. The molecule has 0 aliphatic carbocycles. The molecule has 1 aliphatic heterocycles. The molecule has 0 unspecified atom stereocenters. The molecule has 5 rings (SSSR count). The zero-order valence-electron chi connectivity index (χ0n) is 17.5. The Hall–Kier alpha value is -3.38. The van der Waals surface area contributed by atoms with Gasteiger partial charge in [0.15, 0.2) is 0 Å². The molecule has 1 fully saturated rings. The fourth-order valence-electron chi connectivity index (χ4n) is 3.91. The van der Waals surface area contributed by atoms with Crippen molar-refractivity contribution in [3.63, 3.8) is 0 Å². The van der Waals surface area contributed by atoms with Crippen LogP contribution in [0.5, 0.6) is 11.5 Å². The Kier molecular flexibility index (Phi) is 5.31. The number of benzene rings is 2. The second-order valence-corrected chi connectivity index (χ2v) is 8.42. The van der Waals surface area contributed by atoms with Gasteiger partial charge in [-0.2, -0.15) is 0 Å². The molecule has 32 heavy (non-hydrogen) atoms. The number of aromatic nitrogens is 2. The van der Waals surface area contributed by atoms with Gasteiger partial charge in [-0.3, -0.25) is 4.79 Å². The predicted molar refractivity (Wildman–Crippen MR) is 122 cm³/mol. The lowest BCUT2D eigenvalue weighted by atomic mass is 10.1. The lowest BCUT2D eigenvalue weighted by Crippen LogP contribution is -2.24. The number of nitrogens with zero attached hydrogens (tertiary/aromatic N) is 3. The largest absolute Gasteiger partial charge is 0.457 e. The van der Waals surface area contributed by atoms with E-state index < -0.39 is 5.82 Å². The van der Waals surface area contributed by atoms with Crippen molar-refractivity contribution in [1.29, 1.82) is 0 Å². The smallest absolute Gasteiger partial charge is 0.222 e. The first kappa shape index (κ1) is 20.5. The average Bonchev–Trinajstić information content (AvgIpc) is 3.37. The number of aryl methyl sites for hydroxylation is 1. The molecule has 4 aromatic rings. The highest BCUT2D eigenvalue weighted by atomic mass is 35.5. The van der Waals surface area contributed by atoms with E-state index >= 15 is 0 Å². The standard InChI is InChI=1S/C25H21ClFN3O2/c1-16-8-10-29-15-22(28-24(29)11-16)17-4-5-18(14-30-9-2-3-25(30)31)23(12-17)32-19-6-7-20(26)21(27)13-19/h4-8,10-13,15H,2-3,9,14H2,1H3. The van der Waals surface area contributed by atoms with E-state index in [1.54, 1.807) is 6.07 Å². The summed E-state index contributed by atoms with van der Waals surface area (Å²) in [7, 11) is 0. The first-order chi connectivity index (χ1) is 15.5. The minimum absolute atomic E-state index is 0.0361. The lowest BCUT2D eigenvalue weighted by molar-refractivity contribution is -0.128. The maximum Gasteiger partial charge on any atom is 0.222 e. The van der Waals surface area contributed by atoms with Gasteiger partial charge >= 0.3 is 0 Å². The third kappa shape index (κ3) is 4.06. The number of ether oxygens (including phenoxy) is 1. The van der Waals surface area contributed by atoms with Crippen molar-refractivity contribution in [3.8, 4) is 22.8 Å². The van der Waals surface area contributed by atoms with Gasteiger partial charge < -0.3 is 14.0 Å². The molecule has 0 saturated carbocycles. The van der Waals surface area contributed by atoms with Crippen molar-refractivity contribution in [2.45, 2.75) is 26.3 Å². The number of carbonyl (C=O) groups is 1. The van der Waals surface area contributed by atoms with Crippen LogP contribution in [-0.4, -0.2) is 26.7 Å². The molecule has 5 nitrogen and oxygen atoms in total. The minimum Gasteiger partial charge on any atom is -0.457 e. The van der Waals surface area contributed by atoms with Gasteiger partial charge in [-0.25, -0.2) is 9.37 Å². The van der Waals surface area contributed by atoms with Gasteiger partial charge in [-0.1, -0.05) is 23.7 Å². The molecule has 0 N–H and O–H groups in total. The van der Waals surface area contributed by atoms with Gasteiger partial charge in [0.25, 0.3) is 0 Å². The van der Waals surface area contributed by atoms with E-state index in [0.717, 1.165) is 41.0 Å². The Morgan fingerprint density at radius 2 is 2.03 bits per heavy atom. The topological polar surface area (TPSA) is 46.8 Å². The van der Waals surface area contributed by atoms with Crippen molar-refractivity contribution < 1.29 is 13.9 Å². The van der Waals surface area contributed by atoms with Crippen molar-refractivity contribution in [3.05, 3.63) is 82.9 Å². The van der Waals surface area contributed by atoms with E-state index in [-0.39, 0.29) is 10.9 Å². The molecule has 0 atom stereocenters. The molecular weight excluding hydrogens is 429 g/mol. The Morgan fingerprint density at radius 1 is 1.16 bits per heavy atom. The number of amides is 1. The number of halogens is 2. The van der Waals surface area contributed by atoms with E-state index in [1.807, 2.05) is 58.9 Å². The second kappa shape index (κ2) is 8.28. The van der Waals surface area contributed by atoms with Crippen molar-refractivity contribution in [2.75, 3.05) is 6.54 Å². The summed E-state index contributed by atoms with van der Waals surface area (Å²) in [5.41, 5.74) is 4.50. The average molecular weight is 450 g/mol. The van der Waals surface area contributed by atoms with Gasteiger partial charge in [-0.15, -0.1) is 0 Å². The first-order valence-electron chi connectivity index (χ1n) is 10.5. The molecule has 2 aromatic heterocycles. The molecule has 2 aromatic carbocycles. The van der Waals surface area contributed by atoms with Gasteiger partial charge in [-0.05, 0) is 49.2 Å². The second-order valence-electron chi connectivity index (χ2n) is 8.02. The van der Waals surface area contributed by atoms with Crippen LogP contribution in [0.25, 0.3) is 16.9 Å². The van der Waals surface area contributed by atoms with Crippen molar-refractivity contribution >= 4 is 23.2 Å². The first-order valence-corrected chi connectivity index (χ1v) is 10.8. The van der Waals surface area contributed by atoms with Crippen LogP contribution >= 0.6 is 11.6 Å². The molecule has 0 radical (unpaired) electrons. The predicted octanol–water partition coefficient (Wildman–Crippen LogP) is 6.02. The lowest BCUT2D eigenvalue weighted by Gasteiger charge is -2.19. The number of fused-ring (bicyclic) bond motifs is 1. The minimum atomic E-state index is -0.549. The van der Waals surface area contributed by atoms with E-state index in [0.29, 0.717) is 24.5 Å². The van der Waals surface area contributed by atoms with Gasteiger partial charge in [0, 0.05) is 49.1 Å². The molecular formula is C25H21ClFN3O2. The third-order valence-corrected chi connectivity index (χ3v) is 5.94. The summed E-state index contributed by atoms with van der Waals surface area (Å²) in [6.45, 7) is 3.19. The van der Waals surface area contributed by atoms with E-state index in [4.69, 9.17) is 21.3 Å². The number of hydrogen-bond acceptors (Lipinski definition) is 3. The molecule has 7 heteroatoms. The van der Waals surface area contributed by atoms with Crippen molar-refractivity contribution in [2.24, 2.45) is 0 Å². The van der Waals surface area contributed by atoms with Crippen LogP contribution in [0.15, 0.2) is 60.9 Å². The van der Waals surface area contributed by atoms with Crippen LogP contribution in [0.3, 0.4) is 0 Å². The molecule has 0 spiro atoms. The van der Waals surface area contributed by atoms with Gasteiger partial charge in [0.05, 0.1) is 10.7 Å². The number of imidazole rings is 1. The summed E-state index contributed by atoms with van der Waals surface area (Å²) in [5, 5.41) is 0.0361. The summed E-state index contributed by atoms with van der Waals surface area (Å²) >= 11 is 5.81. The highest BCUT2D eigenvalue weighted by Gasteiger charge is 2.22. The van der Waals surface area contributed by atoms with E-state index in [9.17, 15) is 9.18 Å². The van der Waals surface area contributed by atoms with Gasteiger partial charge in [0.2, 0.25) is 5.91 Å². The monoisotopic (exact) mass is 449 g/mol.